The van der Waals surface area contributed by atoms with Crippen LogP contribution in [0.4, 0.5) is 0 Å². The van der Waals surface area contributed by atoms with Gasteiger partial charge in [0.2, 0.25) is 0 Å². The molecule has 1 fully saturated rings. The Morgan fingerprint density at radius 2 is 2.38 bits per heavy atom. The van der Waals surface area contributed by atoms with Crippen molar-refractivity contribution >= 4 is 27.7 Å². The van der Waals surface area contributed by atoms with Gasteiger partial charge in [-0.25, -0.2) is 4.98 Å². The van der Waals surface area contributed by atoms with Crippen molar-refractivity contribution in [2.45, 2.75) is 24.0 Å². The zero-order chi connectivity index (χ0) is 9.26. The maximum Gasteiger partial charge on any atom is 0.138 e. The van der Waals surface area contributed by atoms with E-state index >= 15 is 0 Å². The van der Waals surface area contributed by atoms with Crippen LogP contribution in [0.25, 0.3) is 0 Å². The van der Waals surface area contributed by atoms with Gasteiger partial charge in [-0.2, -0.15) is 0 Å². The second-order valence-electron chi connectivity index (χ2n) is 2.95. The maximum atomic E-state index is 5.70. The van der Waals surface area contributed by atoms with Crippen molar-refractivity contribution in [3.8, 4) is 5.75 Å². The molecule has 0 bridgehead atoms. The van der Waals surface area contributed by atoms with Gasteiger partial charge in [0.25, 0.3) is 0 Å². The van der Waals surface area contributed by atoms with E-state index in [-0.39, 0.29) is 0 Å². The molecule has 0 saturated heterocycles. The van der Waals surface area contributed by atoms with Crippen LogP contribution in [0.3, 0.4) is 0 Å². The zero-order valence-corrected chi connectivity index (χ0v) is 9.69. The highest BCUT2D eigenvalue weighted by Crippen LogP contribution is 2.35. The van der Waals surface area contributed by atoms with Crippen molar-refractivity contribution < 1.29 is 4.74 Å². The Labute approximate surface area is 90.2 Å². The van der Waals surface area contributed by atoms with Crippen LogP contribution in [-0.4, -0.2) is 17.3 Å². The highest BCUT2D eigenvalue weighted by atomic mass is 79.9. The lowest BCUT2D eigenvalue weighted by Gasteiger charge is -2.08. The molecule has 13 heavy (non-hydrogen) atoms. The standard InChI is InChI=1S/C9H10BrNOS/c1-13-9-8(10)7(4-5-11-9)12-6-2-3-6/h4-6H,2-3H2,1H3. The summed E-state index contributed by atoms with van der Waals surface area (Å²) >= 11 is 5.11. The molecule has 0 amide bonds. The summed E-state index contributed by atoms with van der Waals surface area (Å²) in [5.41, 5.74) is 0. The Bertz CT molecular complexity index is 314. The van der Waals surface area contributed by atoms with Crippen LogP contribution in [0.15, 0.2) is 21.8 Å². The molecule has 1 heterocycles. The number of ether oxygens (including phenoxy) is 1. The van der Waals surface area contributed by atoms with Crippen LogP contribution >= 0.6 is 27.7 Å². The van der Waals surface area contributed by atoms with Crippen LogP contribution in [0, 0.1) is 0 Å². The summed E-state index contributed by atoms with van der Waals surface area (Å²) in [5.74, 6) is 0.918. The fourth-order valence-electron chi connectivity index (χ4n) is 1.01. The molecule has 0 aromatic carbocycles. The van der Waals surface area contributed by atoms with Crippen molar-refractivity contribution in [1.82, 2.24) is 4.98 Å². The largest absolute Gasteiger partial charge is 0.489 e. The van der Waals surface area contributed by atoms with Gasteiger partial charge in [-0.3, -0.25) is 0 Å². The summed E-state index contributed by atoms with van der Waals surface area (Å²) in [7, 11) is 0. The molecule has 0 unspecified atom stereocenters. The van der Waals surface area contributed by atoms with Crippen LogP contribution < -0.4 is 4.74 Å². The van der Waals surface area contributed by atoms with E-state index in [1.54, 1.807) is 18.0 Å². The molecule has 1 saturated carbocycles. The first-order valence-corrected chi connectivity index (χ1v) is 6.18. The quantitative estimate of drug-likeness (QED) is 0.779. The van der Waals surface area contributed by atoms with E-state index in [2.05, 4.69) is 20.9 Å². The number of aromatic nitrogens is 1. The molecule has 1 aromatic rings. The smallest absolute Gasteiger partial charge is 0.138 e. The van der Waals surface area contributed by atoms with Crippen LogP contribution in [-0.2, 0) is 0 Å². The van der Waals surface area contributed by atoms with Gasteiger partial charge in [0, 0.05) is 6.20 Å². The summed E-state index contributed by atoms with van der Waals surface area (Å²) in [6.07, 6.45) is 6.60. The SMILES string of the molecule is CSc1nccc(OC2CC2)c1Br. The number of nitrogens with zero attached hydrogens (tertiary/aromatic N) is 1. The van der Waals surface area contributed by atoms with E-state index in [0.29, 0.717) is 6.10 Å². The maximum absolute atomic E-state index is 5.70. The molecule has 0 radical (unpaired) electrons. The highest BCUT2D eigenvalue weighted by Gasteiger charge is 2.24. The first-order chi connectivity index (χ1) is 6.31. The summed E-state index contributed by atoms with van der Waals surface area (Å²) in [6, 6.07) is 1.90. The van der Waals surface area contributed by atoms with Gasteiger partial charge in [-0.05, 0) is 41.1 Å². The monoisotopic (exact) mass is 259 g/mol. The van der Waals surface area contributed by atoms with Crippen LogP contribution in [0.5, 0.6) is 5.75 Å². The lowest BCUT2D eigenvalue weighted by molar-refractivity contribution is 0.300. The normalized spacial score (nSPS) is 15.8. The molecule has 2 nitrogen and oxygen atoms in total. The molecule has 1 aliphatic carbocycles. The fourth-order valence-corrected chi connectivity index (χ4v) is 2.27. The minimum Gasteiger partial charge on any atom is -0.489 e. The van der Waals surface area contributed by atoms with Crippen molar-refractivity contribution in [2.24, 2.45) is 0 Å². The van der Waals surface area contributed by atoms with E-state index in [0.717, 1.165) is 15.2 Å². The number of hydrogen-bond donors (Lipinski definition) is 0. The number of hydrogen-bond acceptors (Lipinski definition) is 3. The Morgan fingerprint density at radius 3 is 3.00 bits per heavy atom. The number of pyridine rings is 1. The first-order valence-electron chi connectivity index (χ1n) is 4.16. The highest BCUT2D eigenvalue weighted by molar-refractivity contribution is 9.10. The Hall–Kier alpha value is -0.220. The van der Waals surface area contributed by atoms with Gasteiger partial charge in [0.15, 0.2) is 0 Å². The van der Waals surface area contributed by atoms with Crippen molar-refractivity contribution in [3.05, 3.63) is 16.7 Å². The lowest BCUT2D eigenvalue weighted by atomic mass is 10.4. The molecule has 2 rings (SSSR count). The van der Waals surface area contributed by atoms with Gasteiger partial charge in [-0.1, -0.05) is 0 Å². The van der Waals surface area contributed by atoms with E-state index in [1.807, 2.05) is 12.3 Å². The third-order valence-electron chi connectivity index (χ3n) is 1.83. The number of rotatable bonds is 3. The number of halogens is 1. The van der Waals surface area contributed by atoms with Gasteiger partial charge >= 0.3 is 0 Å². The van der Waals surface area contributed by atoms with Crippen LogP contribution in [0.1, 0.15) is 12.8 Å². The van der Waals surface area contributed by atoms with Gasteiger partial charge < -0.3 is 4.74 Å². The van der Waals surface area contributed by atoms with Crippen molar-refractivity contribution in [2.75, 3.05) is 6.26 Å². The fraction of sp³-hybridized carbons (Fsp3) is 0.444. The molecule has 0 N–H and O–H groups in total. The van der Waals surface area contributed by atoms with Gasteiger partial charge in [-0.15, -0.1) is 11.8 Å². The molecular weight excluding hydrogens is 250 g/mol. The molecule has 70 valence electrons. The van der Waals surface area contributed by atoms with E-state index in [9.17, 15) is 0 Å². The summed E-state index contributed by atoms with van der Waals surface area (Å²) in [4.78, 5) is 4.22. The Balaban J connectivity index is 2.22. The molecule has 0 atom stereocenters. The molecular formula is C9H10BrNOS. The lowest BCUT2D eigenvalue weighted by Crippen LogP contribution is -1.97. The van der Waals surface area contributed by atoms with E-state index in [4.69, 9.17) is 4.74 Å². The summed E-state index contributed by atoms with van der Waals surface area (Å²) < 4.78 is 6.68. The molecule has 0 aliphatic heterocycles. The van der Waals surface area contributed by atoms with E-state index in [1.165, 1.54) is 12.8 Å². The third-order valence-corrected chi connectivity index (χ3v) is 3.56. The topological polar surface area (TPSA) is 22.1 Å². The summed E-state index contributed by atoms with van der Waals surface area (Å²) in [5, 5.41) is 0.984. The predicted octanol–water partition coefficient (Wildman–Crippen LogP) is 3.11. The Morgan fingerprint density at radius 1 is 1.62 bits per heavy atom. The molecule has 4 heteroatoms. The molecule has 1 aromatic heterocycles. The minimum absolute atomic E-state index is 0.438. The zero-order valence-electron chi connectivity index (χ0n) is 7.29. The average molecular weight is 260 g/mol. The second-order valence-corrected chi connectivity index (χ2v) is 4.54. The van der Waals surface area contributed by atoms with Crippen molar-refractivity contribution in [3.63, 3.8) is 0 Å². The van der Waals surface area contributed by atoms with E-state index < -0.39 is 0 Å². The third kappa shape index (κ3) is 2.17. The molecule has 0 spiro atoms. The average Bonchev–Trinajstić information content (AvgIpc) is 2.92. The van der Waals surface area contributed by atoms with Crippen molar-refractivity contribution in [1.29, 1.82) is 0 Å². The van der Waals surface area contributed by atoms with Gasteiger partial charge in [0.05, 0.1) is 10.6 Å². The molecule has 1 aliphatic rings. The van der Waals surface area contributed by atoms with Crippen LogP contribution in [0.2, 0.25) is 0 Å². The van der Waals surface area contributed by atoms with Gasteiger partial charge in [0.1, 0.15) is 10.8 Å². The summed E-state index contributed by atoms with van der Waals surface area (Å²) in [6.45, 7) is 0. The first kappa shape index (κ1) is 9.34. The predicted molar refractivity (Wildman–Crippen MR) is 57.4 cm³/mol. The number of thioether (sulfide) groups is 1. The Kier molecular flexibility index (Phi) is 2.79. The second kappa shape index (κ2) is 3.88. The minimum atomic E-state index is 0.438.